The summed E-state index contributed by atoms with van der Waals surface area (Å²) in [6, 6.07) is 16.0. The van der Waals surface area contributed by atoms with E-state index in [4.69, 9.17) is 0 Å². The van der Waals surface area contributed by atoms with E-state index in [9.17, 15) is 14.7 Å². The Morgan fingerprint density at radius 1 is 1.09 bits per heavy atom. The molecule has 0 saturated heterocycles. The molecular weight excluding hydrogens is 290 g/mol. The fourth-order valence-electron chi connectivity index (χ4n) is 3.20. The maximum atomic E-state index is 12.9. The molecule has 1 aliphatic heterocycles. The van der Waals surface area contributed by atoms with Crippen LogP contribution in [0, 0.1) is 0 Å². The summed E-state index contributed by atoms with van der Waals surface area (Å²) >= 11 is 0. The van der Waals surface area contributed by atoms with Gasteiger partial charge in [-0.05, 0) is 30.0 Å². The van der Waals surface area contributed by atoms with E-state index in [-0.39, 0.29) is 11.8 Å². The molecule has 0 bridgehead atoms. The number of carbonyl (C=O) groups is 2. The molecule has 0 fully saturated rings. The molecule has 1 aliphatic rings. The van der Waals surface area contributed by atoms with E-state index in [0.29, 0.717) is 13.0 Å². The zero-order valence-electron chi connectivity index (χ0n) is 13.0. The summed E-state index contributed by atoms with van der Waals surface area (Å²) in [4.78, 5) is 26.2. The number of aliphatic carboxylic acids is 1. The van der Waals surface area contributed by atoms with Gasteiger partial charge in [0.25, 0.3) is 0 Å². The topological polar surface area (TPSA) is 57.6 Å². The molecule has 118 valence electrons. The molecule has 2 atom stereocenters. The van der Waals surface area contributed by atoms with Crippen LogP contribution in [0.25, 0.3) is 0 Å². The van der Waals surface area contributed by atoms with E-state index >= 15 is 0 Å². The maximum Gasteiger partial charge on any atom is 0.331 e. The number of benzene rings is 2. The number of hydrogen-bond donors (Lipinski definition) is 1. The van der Waals surface area contributed by atoms with Crippen LogP contribution in [0.3, 0.4) is 0 Å². The minimum absolute atomic E-state index is 0.141. The molecule has 4 heteroatoms. The summed E-state index contributed by atoms with van der Waals surface area (Å²) in [7, 11) is 0. The third-order valence-electron chi connectivity index (χ3n) is 4.47. The van der Waals surface area contributed by atoms with Gasteiger partial charge in [-0.1, -0.05) is 54.6 Å². The van der Waals surface area contributed by atoms with Crippen molar-refractivity contribution in [2.24, 2.45) is 0 Å². The second kappa shape index (κ2) is 6.24. The molecule has 2 unspecified atom stereocenters. The van der Waals surface area contributed by atoms with E-state index in [1.807, 2.05) is 55.5 Å². The van der Waals surface area contributed by atoms with Crippen LogP contribution < -0.4 is 0 Å². The van der Waals surface area contributed by atoms with Crippen molar-refractivity contribution in [1.29, 1.82) is 0 Å². The van der Waals surface area contributed by atoms with Gasteiger partial charge in [0.2, 0.25) is 5.91 Å². The lowest BCUT2D eigenvalue weighted by Crippen LogP contribution is -2.45. The van der Waals surface area contributed by atoms with Crippen molar-refractivity contribution in [2.45, 2.75) is 25.3 Å². The lowest BCUT2D eigenvalue weighted by Gasteiger charge is -2.36. The Balaban J connectivity index is 1.93. The molecule has 1 heterocycles. The van der Waals surface area contributed by atoms with Crippen LogP contribution >= 0.6 is 0 Å². The van der Waals surface area contributed by atoms with Gasteiger partial charge in [-0.15, -0.1) is 0 Å². The van der Waals surface area contributed by atoms with Gasteiger partial charge < -0.3 is 10.0 Å². The van der Waals surface area contributed by atoms with Crippen LogP contribution in [0.4, 0.5) is 0 Å². The lowest BCUT2D eigenvalue weighted by molar-refractivity contribution is -0.151. The van der Waals surface area contributed by atoms with Crippen LogP contribution in [0.15, 0.2) is 54.6 Å². The second-order valence-electron chi connectivity index (χ2n) is 5.85. The maximum absolute atomic E-state index is 12.9. The number of hydrogen-bond acceptors (Lipinski definition) is 2. The van der Waals surface area contributed by atoms with Gasteiger partial charge in [0.05, 0.1) is 5.92 Å². The number of carboxylic acids is 1. The number of carboxylic acid groups (broad SMARTS) is 1. The van der Waals surface area contributed by atoms with Crippen molar-refractivity contribution in [1.82, 2.24) is 4.90 Å². The van der Waals surface area contributed by atoms with E-state index in [2.05, 4.69) is 0 Å². The number of amides is 1. The van der Waals surface area contributed by atoms with E-state index < -0.39 is 12.0 Å². The molecule has 0 aromatic heterocycles. The standard InChI is InChI=1S/C19H19NO3/c1-13(14-7-3-2-4-8-14)18(21)20-12-11-15-9-5-6-10-16(15)17(20)19(22)23/h2-10,13,17H,11-12H2,1H3,(H,22,23). The Labute approximate surface area is 135 Å². The highest BCUT2D eigenvalue weighted by Gasteiger charge is 2.37. The number of fused-ring (bicyclic) bond motifs is 1. The molecule has 0 saturated carbocycles. The smallest absolute Gasteiger partial charge is 0.331 e. The molecule has 3 rings (SSSR count). The predicted molar refractivity (Wildman–Crippen MR) is 87.1 cm³/mol. The Hall–Kier alpha value is -2.62. The summed E-state index contributed by atoms with van der Waals surface area (Å²) in [6.45, 7) is 2.26. The van der Waals surface area contributed by atoms with Gasteiger partial charge in [-0.3, -0.25) is 4.79 Å². The number of nitrogens with zero attached hydrogens (tertiary/aromatic N) is 1. The minimum atomic E-state index is -0.981. The zero-order valence-corrected chi connectivity index (χ0v) is 13.0. The van der Waals surface area contributed by atoms with Crippen LogP contribution in [-0.4, -0.2) is 28.4 Å². The fraction of sp³-hybridized carbons (Fsp3) is 0.263. The summed E-state index contributed by atoms with van der Waals surface area (Å²) in [6.07, 6.45) is 0.688. The van der Waals surface area contributed by atoms with E-state index in [1.165, 1.54) is 4.90 Å². The Kier molecular flexibility index (Phi) is 4.15. The first-order chi connectivity index (χ1) is 11.1. The lowest BCUT2D eigenvalue weighted by atomic mass is 9.90. The van der Waals surface area contributed by atoms with Crippen molar-refractivity contribution in [3.05, 3.63) is 71.3 Å². The average molecular weight is 309 g/mol. The highest BCUT2D eigenvalue weighted by Crippen LogP contribution is 2.32. The van der Waals surface area contributed by atoms with Gasteiger partial charge >= 0.3 is 5.97 Å². The first-order valence-electron chi connectivity index (χ1n) is 7.75. The molecule has 1 amide bonds. The molecule has 4 nitrogen and oxygen atoms in total. The SMILES string of the molecule is CC(C(=O)N1CCc2ccccc2C1C(=O)O)c1ccccc1. The molecule has 2 aromatic carbocycles. The average Bonchev–Trinajstić information content (AvgIpc) is 2.60. The van der Waals surface area contributed by atoms with Crippen molar-refractivity contribution in [2.75, 3.05) is 6.54 Å². The van der Waals surface area contributed by atoms with Crippen LogP contribution in [0.1, 0.15) is 35.6 Å². The molecule has 0 aliphatic carbocycles. The first kappa shape index (κ1) is 15.3. The monoisotopic (exact) mass is 309 g/mol. The van der Waals surface area contributed by atoms with E-state index in [0.717, 1.165) is 16.7 Å². The van der Waals surface area contributed by atoms with Crippen LogP contribution in [0.2, 0.25) is 0 Å². The van der Waals surface area contributed by atoms with Crippen molar-refractivity contribution >= 4 is 11.9 Å². The molecule has 0 radical (unpaired) electrons. The van der Waals surface area contributed by atoms with Gasteiger partial charge in [-0.2, -0.15) is 0 Å². The second-order valence-corrected chi connectivity index (χ2v) is 5.85. The van der Waals surface area contributed by atoms with Gasteiger partial charge in [0, 0.05) is 6.54 Å². The molecular formula is C19H19NO3. The Bertz CT molecular complexity index is 726. The predicted octanol–water partition coefficient (Wildman–Crippen LogP) is 3.00. The molecule has 1 N–H and O–H groups in total. The van der Waals surface area contributed by atoms with Gasteiger partial charge in [0.1, 0.15) is 0 Å². The molecule has 0 spiro atoms. The third-order valence-corrected chi connectivity index (χ3v) is 4.47. The highest BCUT2D eigenvalue weighted by molar-refractivity contribution is 5.89. The number of rotatable bonds is 3. The largest absolute Gasteiger partial charge is 0.479 e. The minimum Gasteiger partial charge on any atom is -0.479 e. The summed E-state index contributed by atoms with van der Waals surface area (Å²) in [5, 5.41) is 9.66. The highest BCUT2D eigenvalue weighted by atomic mass is 16.4. The van der Waals surface area contributed by atoms with Gasteiger partial charge in [0.15, 0.2) is 6.04 Å². The van der Waals surface area contributed by atoms with Crippen LogP contribution in [-0.2, 0) is 16.0 Å². The van der Waals surface area contributed by atoms with Crippen molar-refractivity contribution in [3.8, 4) is 0 Å². The van der Waals surface area contributed by atoms with Gasteiger partial charge in [-0.25, -0.2) is 4.79 Å². The number of carbonyl (C=O) groups excluding carboxylic acids is 1. The molecule has 23 heavy (non-hydrogen) atoms. The third kappa shape index (κ3) is 2.84. The van der Waals surface area contributed by atoms with E-state index in [1.54, 1.807) is 6.07 Å². The summed E-state index contributed by atoms with van der Waals surface area (Å²) in [5.41, 5.74) is 2.64. The quantitative estimate of drug-likeness (QED) is 0.948. The normalized spacial score (nSPS) is 18.1. The Morgan fingerprint density at radius 3 is 2.43 bits per heavy atom. The zero-order chi connectivity index (χ0) is 16.4. The van der Waals surface area contributed by atoms with Crippen molar-refractivity contribution in [3.63, 3.8) is 0 Å². The fourth-order valence-corrected chi connectivity index (χ4v) is 3.20. The Morgan fingerprint density at radius 2 is 1.74 bits per heavy atom. The molecule has 2 aromatic rings. The summed E-state index contributed by atoms with van der Waals surface area (Å²) < 4.78 is 0. The van der Waals surface area contributed by atoms with Crippen LogP contribution in [0.5, 0.6) is 0 Å². The first-order valence-corrected chi connectivity index (χ1v) is 7.75. The van der Waals surface area contributed by atoms with Crippen molar-refractivity contribution < 1.29 is 14.7 Å². The summed E-state index contributed by atoms with van der Waals surface area (Å²) in [5.74, 6) is -1.48.